The smallest absolute Gasteiger partial charge is 0.0726 e. The van der Waals surface area contributed by atoms with E-state index >= 15 is 0 Å². The molecular weight excluding hydrogens is 414 g/mol. The van der Waals surface area contributed by atoms with Gasteiger partial charge in [0.2, 0.25) is 0 Å². The molecule has 3 aliphatic rings. The van der Waals surface area contributed by atoms with Crippen molar-refractivity contribution >= 4 is 9.73 Å². The van der Waals surface area contributed by atoms with Gasteiger partial charge in [0.05, 0.1) is 15.8 Å². The molecule has 0 aliphatic heterocycles. The second kappa shape index (κ2) is 9.69. The van der Waals surface area contributed by atoms with Gasteiger partial charge in [0, 0.05) is 10.6 Å². The number of benzene rings is 1. The van der Waals surface area contributed by atoms with Crippen molar-refractivity contribution in [3.8, 4) is 0 Å². The molecule has 3 fully saturated rings. The highest BCUT2D eigenvalue weighted by Gasteiger charge is 2.48. The zero-order chi connectivity index (χ0) is 22.8. The molecule has 3 nitrogen and oxygen atoms in total. The molecule has 32 heavy (non-hydrogen) atoms. The van der Waals surface area contributed by atoms with Crippen molar-refractivity contribution in [1.29, 1.82) is 4.78 Å². The van der Waals surface area contributed by atoms with E-state index in [0.29, 0.717) is 27.9 Å². The van der Waals surface area contributed by atoms with Crippen LogP contribution in [0.2, 0.25) is 0 Å². The predicted molar refractivity (Wildman–Crippen MR) is 133 cm³/mol. The lowest BCUT2D eigenvalue weighted by Crippen LogP contribution is -2.33. The predicted octanol–water partition coefficient (Wildman–Crippen LogP) is 7.04. The van der Waals surface area contributed by atoms with Gasteiger partial charge in [0.1, 0.15) is 0 Å². The van der Waals surface area contributed by atoms with Gasteiger partial charge >= 0.3 is 0 Å². The molecule has 4 rings (SSSR count). The monoisotopic (exact) mass is 453 g/mol. The van der Waals surface area contributed by atoms with Crippen LogP contribution in [0.4, 0.5) is 0 Å². The summed E-state index contributed by atoms with van der Waals surface area (Å²) in [6.45, 7) is 6.69. The molecule has 3 unspecified atom stereocenters. The van der Waals surface area contributed by atoms with Gasteiger partial charge in [-0.3, -0.25) is 0 Å². The minimum absolute atomic E-state index is 0.221. The Morgan fingerprint density at radius 2 is 1.97 bits per heavy atom. The summed E-state index contributed by atoms with van der Waals surface area (Å²) in [6, 6.07) is 9.32. The van der Waals surface area contributed by atoms with Crippen LogP contribution in [0.25, 0.3) is 0 Å². The van der Waals surface area contributed by atoms with E-state index in [2.05, 4.69) is 25.7 Å². The van der Waals surface area contributed by atoms with E-state index in [9.17, 15) is 9.32 Å². The maximum atomic E-state index is 12.9. The summed E-state index contributed by atoms with van der Waals surface area (Å²) in [6.07, 6.45) is 15.0. The number of fused-ring (bicyclic) bond motifs is 1. The van der Waals surface area contributed by atoms with Crippen LogP contribution in [-0.4, -0.2) is 21.2 Å². The maximum absolute atomic E-state index is 12.9. The van der Waals surface area contributed by atoms with E-state index < -0.39 is 9.73 Å². The molecule has 0 spiro atoms. The number of aliphatic hydroxyl groups is 1. The third kappa shape index (κ3) is 4.97. The minimum atomic E-state index is -2.69. The van der Waals surface area contributed by atoms with E-state index in [1.165, 1.54) is 43.3 Å². The SMILES string of the molecule is C=C1CCC(O)C/C1=C/C=C1\CCC[C@]2(C)C(CCCS(=N)(=O)c3ccccc3)CC[C@@H]12. The van der Waals surface area contributed by atoms with Crippen molar-refractivity contribution in [2.45, 2.75) is 82.1 Å². The number of allylic oxidation sites excluding steroid dienone is 4. The van der Waals surface area contributed by atoms with Gasteiger partial charge in [-0.15, -0.1) is 0 Å². The fourth-order valence-electron chi connectivity index (χ4n) is 6.51. The Hall–Kier alpha value is -1.65. The molecule has 0 bridgehead atoms. The summed E-state index contributed by atoms with van der Waals surface area (Å²) in [5.41, 5.74) is 4.31. The van der Waals surface area contributed by atoms with Gasteiger partial charge in [0.25, 0.3) is 0 Å². The quantitative estimate of drug-likeness (QED) is 0.485. The van der Waals surface area contributed by atoms with Crippen molar-refractivity contribution in [2.24, 2.45) is 17.3 Å². The number of rotatable bonds is 6. The van der Waals surface area contributed by atoms with Crippen LogP contribution in [0.5, 0.6) is 0 Å². The Balaban J connectivity index is 1.41. The van der Waals surface area contributed by atoms with Crippen LogP contribution in [-0.2, 0) is 9.73 Å². The average Bonchev–Trinajstić information content (AvgIpc) is 3.11. The van der Waals surface area contributed by atoms with Crippen LogP contribution in [0, 0.1) is 22.0 Å². The molecule has 5 atom stereocenters. The highest BCUT2D eigenvalue weighted by atomic mass is 32.2. The maximum Gasteiger partial charge on any atom is 0.0726 e. The van der Waals surface area contributed by atoms with E-state index in [-0.39, 0.29) is 6.10 Å². The number of nitrogens with one attached hydrogen (secondary N) is 1. The molecular formula is C28H39NO2S. The molecule has 174 valence electrons. The molecule has 3 aliphatic carbocycles. The van der Waals surface area contributed by atoms with Crippen molar-refractivity contribution in [2.75, 3.05) is 5.75 Å². The molecule has 1 aromatic rings. The van der Waals surface area contributed by atoms with E-state index in [1.807, 2.05) is 30.3 Å². The molecule has 1 aromatic carbocycles. The highest BCUT2D eigenvalue weighted by molar-refractivity contribution is 7.92. The number of aliphatic hydroxyl groups excluding tert-OH is 1. The molecule has 0 radical (unpaired) electrons. The van der Waals surface area contributed by atoms with Gasteiger partial charge in [0.15, 0.2) is 0 Å². The molecule has 0 aromatic heterocycles. The molecule has 4 heteroatoms. The zero-order valence-electron chi connectivity index (χ0n) is 19.5. The van der Waals surface area contributed by atoms with Crippen molar-refractivity contribution in [3.63, 3.8) is 0 Å². The summed E-state index contributed by atoms with van der Waals surface area (Å²) in [4.78, 5) is 0.667. The lowest BCUT2D eigenvalue weighted by Gasteiger charge is -2.42. The molecule has 0 saturated heterocycles. The normalized spacial score (nSPS) is 35.1. The first kappa shape index (κ1) is 23.5. The first-order chi connectivity index (χ1) is 15.3. The van der Waals surface area contributed by atoms with Gasteiger partial charge in [-0.05, 0) is 99.2 Å². The van der Waals surface area contributed by atoms with Gasteiger partial charge in [-0.1, -0.05) is 55.0 Å². The lowest BCUT2D eigenvalue weighted by molar-refractivity contribution is 0.129. The van der Waals surface area contributed by atoms with Crippen LogP contribution in [0.1, 0.15) is 71.1 Å². The van der Waals surface area contributed by atoms with E-state index in [4.69, 9.17) is 4.78 Å². The first-order valence-corrected chi connectivity index (χ1v) is 14.1. The lowest BCUT2D eigenvalue weighted by atomic mass is 9.63. The second-order valence-corrected chi connectivity index (χ2v) is 12.7. The van der Waals surface area contributed by atoms with Crippen LogP contribution < -0.4 is 0 Å². The highest BCUT2D eigenvalue weighted by Crippen LogP contribution is 2.58. The van der Waals surface area contributed by atoms with Gasteiger partial charge < -0.3 is 5.11 Å². The Bertz CT molecular complexity index is 992. The first-order valence-electron chi connectivity index (χ1n) is 12.4. The second-order valence-electron chi connectivity index (χ2n) is 10.5. The Morgan fingerprint density at radius 1 is 1.19 bits per heavy atom. The van der Waals surface area contributed by atoms with Crippen LogP contribution in [0.15, 0.2) is 70.7 Å². The zero-order valence-corrected chi connectivity index (χ0v) is 20.3. The largest absolute Gasteiger partial charge is 0.393 e. The fraction of sp³-hybridized carbons (Fsp3) is 0.571. The van der Waals surface area contributed by atoms with Crippen molar-refractivity contribution in [1.82, 2.24) is 0 Å². The molecule has 2 N–H and O–H groups in total. The van der Waals surface area contributed by atoms with Crippen LogP contribution in [0.3, 0.4) is 0 Å². The summed E-state index contributed by atoms with van der Waals surface area (Å²) >= 11 is 0. The third-order valence-corrected chi connectivity index (χ3v) is 10.4. The number of hydrogen-bond acceptors (Lipinski definition) is 3. The van der Waals surface area contributed by atoms with Gasteiger partial charge in [-0.25, -0.2) is 8.99 Å². The average molecular weight is 454 g/mol. The Kier molecular flexibility index (Phi) is 7.11. The van der Waals surface area contributed by atoms with E-state index in [0.717, 1.165) is 32.1 Å². The molecule has 0 amide bonds. The Labute approximate surface area is 194 Å². The topological polar surface area (TPSA) is 61.1 Å². The molecule has 0 heterocycles. The minimum Gasteiger partial charge on any atom is -0.393 e. The van der Waals surface area contributed by atoms with Crippen molar-refractivity contribution < 1.29 is 9.32 Å². The fourth-order valence-corrected chi connectivity index (χ4v) is 7.91. The third-order valence-electron chi connectivity index (χ3n) is 8.46. The summed E-state index contributed by atoms with van der Waals surface area (Å²) in [5, 5.41) is 10.0. The standard InChI is InChI=1S/C28H39NO2S/c1-21-12-16-25(30)20-23(21)14-13-22-8-6-18-28(2)24(15-17-27(22)28)9-7-19-32(29,31)26-10-4-3-5-11-26/h3-5,10-11,13-14,24-25,27,29-30H,1,6-9,12,15-20H2,2H3/b22-13+,23-14-/t24?,25?,27-,28+,32?/m0/s1. The van der Waals surface area contributed by atoms with E-state index in [1.54, 1.807) is 5.57 Å². The summed E-state index contributed by atoms with van der Waals surface area (Å²) in [5.74, 6) is 1.75. The summed E-state index contributed by atoms with van der Waals surface area (Å²) < 4.78 is 21.3. The summed E-state index contributed by atoms with van der Waals surface area (Å²) in [7, 11) is -2.69. The van der Waals surface area contributed by atoms with Crippen LogP contribution >= 0.6 is 0 Å². The van der Waals surface area contributed by atoms with Gasteiger partial charge in [-0.2, -0.15) is 0 Å². The van der Waals surface area contributed by atoms with Crippen molar-refractivity contribution in [3.05, 3.63) is 65.8 Å². The Morgan fingerprint density at radius 3 is 2.75 bits per heavy atom. The molecule has 3 saturated carbocycles. The number of hydrogen-bond donors (Lipinski definition) is 2.